The summed E-state index contributed by atoms with van der Waals surface area (Å²) in [7, 11) is 3.14. The van der Waals surface area contributed by atoms with E-state index >= 15 is 0 Å². The third-order valence-electron chi connectivity index (χ3n) is 5.41. The number of ether oxygens (including phenoxy) is 2. The minimum Gasteiger partial charge on any atom is -0.497 e. The molecule has 2 aromatic heterocycles. The van der Waals surface area contributed by atoms with Gasteiger partial charge in [0, 0.05) is 23.7 Å². The van der Waals surface area contributed by atoms with Crippen LogP contribution in [0.4, 0.5) is 5.88 Å². The predicted octanol–water partition coefficient (Wildman–Crippen LogP) is 3.67. The summed E-state index contributed by atoms with van der Waals surface area (Å²) in [6.07, 6.45) is 0. The first-order chi connectivity index (χ1) is 15.9. The number of nitrogens with zero attached hydrogens (tertiary/aromatic N) is 3. The van der Waals surface area contributed by atoms with E-state index in [0.29, 0.717) is 28.5 Å². The van der Waals surface area contributed by atoms with Crippen LogP contribution in [0.3, 0.4) is 0 Å². The van der Waals surface area contributed by atoms with Gasteiger partial charge in [-0.05, 0) is 38.1 Å². The van der Waals surface area contributed by atoms with Crippen molar-refractivity contribution in [2.45, 2.75) is 20.4 Å². The Morgan fingerprint density at radius 3 is 2.58 bits per heavy atom. The molecular weight excluding hydrogens is 422 g/mol. The van der Waals surface area contributed by atoms with Crippen molar-refractivity contribution in [1.29, 1.82) is 0 Å². The largest absolute Gasteiger partial charge is 0.497 e. The molecule has 170 valence electrons. The average Bonchev–Trinajstić information content (AvgIpc) is 3.35. The Bertz CT molecular complexity index is 1290. The van der Waals surface area contributed by atoms with Crippen molar-refractivity contribution >= 4 is 11.8 Å². The Hall–Kier alpha value is -4.27. The van der Waals surface area contributed by atoms with Crippen LogP contribution in [-0.2, 0) is 6.54 Å². The van der Waals surface area contributed by atoms with Crippen LogP contribution in [0.1, 0.15) is 27.3 Å². The van der Waals surface area contributed by atoms with Gasteiger partial charge in [0.25, 0.3) is 5.91 Å². The lowest BCUT2D eigenvalue weighted by Crippen LogP contribution is -2.24. The van der Waals surface area contributed by atoms with Gasteiger partial charge in [-0.15, -0.1) is 0 Å². The van der Waals surface area contributed by atoms with E-state index in [-0.39, 0.29) is 18.0 Å². The van der Waals surface area contributed by atoms with E-state index in [1.54, 1.807) is 31.0 Å². The molecule has 9 heteroatoms. The Morgan fingerprint density at radius 1 is 1.12 bits per heavy atom. The second-order valence-corrected chi connectivity index (χ2v) is 7.42. The minimum absolute atomic E-state index is 0.0598. The molecule has 0 aliphatic carbocycles. The molecule has 1 amide bonds. The first-order valence-corrected chi connectivity index (χ1v) is 10.3. The van der Waals surface area contributed by atoms with Gasteiger partial charge in [-0.2, -0.15) is 5.10 Å². The topological polar surface area (TPSA) is 117 Å². The molecule has 2 heterocycles. The molecule has 0 saturated heterocycles. The molecule has 4 rings (SSSR count). The highest BCUT2D eigenvalue weighted by Gasteiger charge is 2.27. The number of nitrogens with two attached hydrogens (primary N) is 1. The second-order valence-electron chi connectivity index (χ2n) is 7.42. The summed E-state index contributed by atoms with van der Waals surface area (Å²) in [5.41, 5.74) is 10.4. The maximum Gasteiger partial charge on any atom is 0.259 e. The lowest BCUT2D eigenvalue weighted by Gasteiger charge is -2.11. The fourth-order valence-electron chi connectivity index (χ4n) is 3.76. The third-order valence-corrected chi connectivity index (χ3v) is 5.41. The SMILES string of the molecule is COc1ccc(CNC(=O)c2c(-c3c(C)nn(-c4ccccc4)c3C)noc2N)c(OC)c1. The molecule has 0 aliphatic rings. The number of anilines is 1. The van der Waals surface area contributed by atoms with E-state index in [2.05, 4.69) is 15.6 Å². The highest BCUT2D eigenvalue weighted by atomic mass is 16.5. The van der Waals surface area contributed by atoms with E-state index in [1.165, 1.54) is 0 Å². The van der Waals surface area contributed by atoms with Crippen molar-refractivity contribution < 1.29 is 18.8 Å². The first kappa shape index (κ1) is 21.9. The van der Waals surface area contributed by atoms with E-state index in [9.17, 15) is 4.79 Å². The van der Waals surface area contributed by atoms with Crippen molar-refractivity contribution in [3.8, 4) is 28.4 Å². The normalized spacial score (nSPS) is 10.8. The van der Waals surface area contributed by atoms with Gasteiger partial charge in [-0.3, -0.25) is 4.79 Å². The molecular formula is C24H25N5O4. The second kappa shape index (κ2) is 9.07. The van der Waals surface area contributed by atoms with Gasteiger partial charge in [0.15, 0.2) is 0 Å². The molecule has 0 spiro atoms. The molecule has 0 aliphatic heterocycles. The standard InChI is InChI=1S/C24H25N5O4/c1-14-20(15(2)29(27-14)17-8-6-5-7-9-17)22-21(23(25)33-28-22)24(30)26-13-16-10-11-18(31-3)12-19(16)32-4/h5-12H,13,25H2,1-4H3,(H,26,30). The van der Waals surface area contributed by atoms with Crippen LogP contribution < -0.4 is 20.5 Å². The number of hydrogen-bond acceptors (Lipinski definition) is 7. The van der Waals surface area contributed by atoms with Gasteiger partial charge in [0.2, 0.25) is 5.88 Å². The smallest absolute Gasteiger partial charge is 0.259 e. The van der Waals surface area contributed by atoms with Crippen LogP contribution in [0, 0.1) is 13.8 Å². The number of benzene rings is 2. The summed E-state index contributed by atoms with van der Waals surface area (Å²) >= 11 is 0. The van der Waals surface area contributed by atoms with E-state index < -0.39 is 5.91 Å². The number of para-hydroxylation sites is 1. The van der Waals surface area contributed by atoms with Gasteiger partial charge in [0.1, 0.15) is 22.8 Å². The molecule has 9 nitrogen and oxygen atoms in total. The Balaban J connectivity index is 1.64. The predicted molar refractivity (Wildman–Crippen MR) is 124 cm³/mol. The zero-order chi connectivity index (χ0) is 23.5. The molecule has 4 aromatic rings. The van der Waals surface area contributed by atoms with Crippen LogP contribution >= 0.6 is 0 Å². The highest BCUT2D eigenvalue weighted by molar-refractivity contribution is 6.04. The zero-order valence-electron chi connectivity index (χ0n) is 18.9. The van der Waals surface area contributed by atoms with Crippen molar-refractivity contribution in [3.05, 3.63) is 71.0 Å². The quantitative estimate of drug-likeness (QED) is 0.444. The van der Waals surface area contributed by atoms with Crippen molar-refractivity contribution in [1.82, 2.24) is 20.3 Å². The monoisotopic (exact) mass is 447 g/mol. The van der Waals surface area contributed by atoms with E-state index in [0.717, 1.165) is 16.9 Å². The lowest BCUT2D eigenvalue weighted by molar-refractivity contribution is 0.0952. The summed E-state index contributed by atoms with van der Waals surface area (Å²) in [6.45, 7) is 3.99. The van der Waals surface area contributed by atoms with Crippen LogP contribution in [0.25, 0.3) is 16.9 Å². The van der Waals surface area contributed by atoms with Gasteiger partial charge >= 0.3 is 0 Å². The molecule has 0 bridgehead atoms. The fraction of sp³-hybridized carbons (Fsp3) is 0.208. The lowest BCUT2D eigenvalue weighted by atomic mass is 10.0. The summed E-state index contributed by atoms with van der Waals surface area (Å²) in [6, 6.07) is 15.1. The highest BCUT2D eigenvalue weighted by Crippen LogP contribution is 2.33. The number of rotatable bonds is 7. The van der Waals surface area contributed by atoms with Crippen LogP contribution in [-0.4, -0.2) is 35.1 Å². The zero-order valence-corrected chi connectivity index (χ0v) is 18.9. The molecule has 0 saturated carbocycles. The summed E-state index contributed by atoms with van der Waals surface area (Å²) in [5.74, 6) is 0.793. The number of hydrogen-bond donors (Lipinski definition) is 2. The minimum atomic E-state index is -0.409. The van der Waals surface area contributed by atoms with Gasteiger partial charge < -0.3 is 25.0 Å². The molecule has 2 aromatic carbocycles. The fourth-order valence-corrected chi connectivity index (χ4v) is 3.76. The maximum absolute atomic E-state index is 13.1. The first-order valence-electron chi connectivity index (χ1n) is 10.3. The van der Waals surface area contributed by atoms with Crippen LogP contribution in [0.15, 0.2) is 53.1 Å². The molecule has 0 fully saturated rings. The van der Waals surface area contributed by atoms with E-state index in [4.69, 9.17) is 19.7 Å². The van der Waals surface area contributed by atoms with E-state index in [1.807, 2.05) is 50.2 Å². The molecule has 33 heavy (non-hydrogen) atoms. The number of nitrogens with one attached hydrogen (secondary N) is 1. The number of aromatic nitrogens is 3. The van der Waals surface area contributed by atoms with Crippen LogP contribution in [0.5, 0.6) is 11.5 Å². The maximum atomic E-state index is 13.1. The van der Waals surface area contributed by atoms with Crippen molar-refractivity contribution in [2.75, 3.05) is 20.0 Å². The Kier molecular flexibility index (Phi) is 6.03. The molecule has 3 N–H and O–H groups in total. The van der Waals surface area contributed by atoms with Gasteiger partial charge in [0.05, 0.1) is 31.3 Å². The number of methoxy groups -OCH3 is 2. The number of aryl methyl sites for hydroxylation is 1. The molecule has 0 unspecified atom stereocenters. The van der Waals surface area contributed by atoms with Crippen LogP contribution in [0.2, 0.25) is 0 Å². The Morgan fingerprint density at radius 2 is 1.88 bits per heavy atom. The summed E-state index contributed by atoms with van der Waals surface area (Å²) < 4.78 is 17.6. The van der Waals surface area contributed by atoms with Gasteiger partial charge in [-0.25, -0.2) is 4.68 Å². The number of amides is 1. The number of carbonyl (C=O) groups excluding carboxylic acids is 1. The Labute approximate surface area is 191 Å². The van der Waals surface area contributed by atoms with Crippen molar-refractivity contribution in [3.63, 3.8) is 0 Å². The number of nitrogen functional groups attached to an aromatic ring is 1. The summed E-state index contributed by atoms with van der Waals surface area (Å²) in [4.78, 5) is 13.1. The average molecular weight is 447 g/mol. The summed E-state index contributed by atoms with van der Waals surface area (Å²) in [5, 5.41) is 11.6. The van der Waals surface area contributed by atoms with Gasteiger partial charge in [-0.1, -0.05) is 23.4 Å². The molecule has 0 atom stereocenters. The number of carbonyl (C=O) groups is 1. The molecule has 0 radical (unpaired) electrons. The third kappa shape index (κ3) is 4.12. The van der Waals surface area contributed by atoms with Crippen molar-refractivity contribution in [2.24, 2.45) is 0 Å².